The molecule has 0 radical (unpaired) electrons. The predicted molar refractivity (Wildman–Crippen MR) is 222 cm³/mol. The fourth-order valence-corrected chi connectivity index (χ4v) is 17.7. The second kappa shape index (κ2) is 15.6. The van der Waals surface area contributed by atoms with Crippen LogP contribution in [-0.2, 0) is 8.85 Å². The maximum absolute atomic E-state index is 13.6. The van der Waals surface area contributed by atoms with E-state index in [9.17, 15) is 4.79 Å². The molecule has 6 rings (SSSR count). The van der Waals surface area contributed by atoms with E-state index in [2.05, 4.69) is 180 Å². The highest BCUT2D eigenvalue weighted by atomic mass is 32.1. The van der Waals surface area contributed by atoms with Crippen LogP contribution in [0.15, 0.2) is 127 Å². The van der Waals surface area contributed by atoms with Crippen molar-refractivity contribution in [1.82, 2.24) is 10.3 Å². The number of anilines is 1. The Labute approximate surface area is 316 Å². The van der Waals surface area contributed by atoms with E-state index in [0.29, 0.717) is 12.3 Å². The van der Waals surface area contributed by atoms with Gasteiger partial charge in [0.25, 0.3) is 22.5 Å². The third-order valence-corrected chi connectivity index (χ3v) is 21.3. The molecule has 1 amide bonds. The Morgan fingerprint density at radius 1 is 0.750 bits per heavy atom. The van der Waals surface area contributed by atoms with Gasteiger partial charge in [0, 0.05) is 18.5 Å². The molecule has 2 heterocycles. The predicted octanol–water partition coefficient (Wildman–Crippen LogP) is 6.99. The van der Waals surface area contributed by atoms with E-state index in [0.717, 1.165) is 24.6 Å². The molecule has 1 atom stereocenters. The lowest BCUT2D eigenvalue weighted by atomic mass is 10.2. The molecule has 1 N–H and O–H groups in total. The Bertz CT molecular complexity index is 1810. The van der Waals surface area contributed by atoms with Gasteiger partial charge in [0.1, 0.15) is 5.69 Å². The van der Waals surface area contributed by atoms with Crippen molar-refractivity contribution in [2.24, 2.45) is 0 Å². The van der Waals surface area contributed by atoms with Crippen LogP contribution in [0.4, 0.5) is 5.13 Å². The molecule has 272 valence electrons. The van der Waals surface area contributed by atoms with Crippen molar-refractivity contribution in [3.63, 3.8) is 0 Å². The van der Waals surface area contributed by atoms with Gasteiger partial charge >= 0.3 is 0 Å². The summed E-state index contributed by atoms with van der Waals surface area (Å²) in [6.07, 6.45) is 0.810. The monoisotopic (exact) mass is 747 g/mol. The number of hydrogen-bond donors (Lipinski definition) is 1. The molecule has 1 saturated heterocycles. The molecule has 0 saturated carbocycles. The van der Waals surface area contributed by atoms with Gasteiger partial charge in [-0.15, -0.1) is 11.3 Å². The molecule has 1 aliphatic heterocycles. The van der Waals surface area contributed by atoms with Gasteiger partial charge in [0.15, 0.2) is 5.13 Å². The smallest absolute Gasteiger partial charge is 0.271 e. The first kappa shape index (κ1) is 37.9. The van der Waals surface area contributed by atoms with Crippen molar-refractivity contribution in [2.45, 2.75) is 77.1 Å². The van der Waals surface area contributed by atoms with Crippen LogP contribution in [0.3, 0.4) is 0 Å². The van der Waals surface area contributed by atoms with E-state index >= 15 is 0 Å². The van der Waals surface area contributed by atoms with E-state index < -0.39 is 16.6 Å². The maximum atomic E-state index is 13.6. The van der Waals surface area contributed by atoms with Gasteiger partial charge in [0.05, 0.1) is 18.8 Å². The average Bonchev–Trinajstić information content (AvgIpc) is 3.61. The van der Waals surface area contributed by atoms with Crippen LogP contribution in [0.1, 0.15) is 65.4 Å². The van der Waals surface area contributed by atoms with Crippen molar-refractivity contribution in [3.8, 4) is 0 Å². The fourth-order valence-electron chi connectivity index (χ4n) is 7.63. The van der Waals surface area contributed by atoms with E-state index in [1.807, 2.05) is 5.38 Å². The highest BCUT2D eigenvalue weighted by molar-refractivity contribution is 7.14. The van der Waals surface area contributed by atoms with Gasteiger partial charge in [-0.1, -0.05) is 170 Å². The number of amides is 1. The van der Waals surface area contributed by atoms with Gasteiger partial charge in [0.2, 0.25) is 0 Å². The first-order valence-electron chi connectivity index (χ1n) is 18.4. The zero-order valence-electron chi connectivity index (χ0n) is 31.6. The minimum absolute atomic E-state index is 0.0654. The van der Waals surface area contributed by atoms with Crippen LogP contribution < -0.4 is 31.0 Å². The summed E-state index contributed by atoms with van der Waals surface area (Å²) in [6.45, 7) is 17.7. The summed E-state index contributed by atoms with van der Waals surface area (Å²) < 4.78 is 14.5. The van der Waals surface area contributed by atoms with Crippen molar-refractivity contribution < 1.29 is 13.6 Å². The Morgan fingerprint density at radius 2 is 1.17 bits per heavy atom. The van der Waals surface area contributed by atoms with Gasteiger partial charge < -0.3 is 19.1 Å². The zero-order valence-corrected chi connectivity index (χ0v) is 34.5. The summed E-state index contributed by atoms with van der Waals surface area (Å²) in [5, 5.41) is 10.8. The number of nitrogens with zero attached hydrogens (tertiary/aromatic N) is 2. The lowest BCUT2D eigenvalue weighted by Crippen LogP contribution is -2.70. The summed E-state index contributed by atoms with van der Waals surface area (Å²) in [7, 11) is -5.37. The van der Waals surface area contributed by atoms with Gasteiger partial charge in [-0.3, -0.25) is 4.79 Å². The molecule has 1 aromatic heterocycles. The van der Waals surface area contributed by atoms with Crippen LogP contribution in [-0.4, -0.2) is 59.4 Å². The molecule has 1 fully saturated rings. The largest absolute Gasteiger partial charge is 0.405 e. The Balaban J connectivity index is 1.14. The van der Waals surface area contributed by atoms with E-state index in [1.54, 1.807) is 0 Å². The Kier molecular flexibility index (Phi) is 11.4. The van der Waals surface area contributed by atoms with Gasteiger partial charge in [-0.05, 0) is 37.2 Å². The quantitative estimate of drug-likeness (QED) is 0.132. The lowest BCUT2D eigenvalue weighted by molar-refractivity contribution is 0.0914. The second-order valence-electron chi connectivity index (χ2n) is 15.9. The maximum Gasteiger partial charge on any atom is 0.271 e. The number of hydrogen-bond acceptors (Lipinski definition) is 6. The molecule has 0 unspecified atom stereocenters. The lowest BCUT2D eigenvalue weighted by Gasteiger charge is -2.49. The molecule has 0 spiro atoms. The minimum atomic E-state index is -2.73. The molecule has 6 nitrogen and oxygen atoms in total. The standard InChI is InChI=1S/C43H53N3O3SSi2/c1-8-33(31-48-51(42(2,3)4,35-21-13-9-14-22-35)36-23-15-10-16-24-36)44-40(47)39-32-50-41(45-39)46-29-34(30-46)49-52(43(5,6)7,37-25-17-11-18-26-37)38-27-19-12-20-28-38/h9-28,32-34H,8,29-31H2,1-7H3,(H,44,47)/t33-/m0/s1. The third-order valence-electron chi connectivity index (χ3n) is 10.3. The zero-order chi connectivity index (χ0) is 37.0. The summed E-state index contributed by atoms with van der Waals surface area (Å²) in [6, 6.07) is 42.7. The normalized spacial score (nSPS) is 14.9. The minimum Gasteiger partial charge on any atom is -0.405 e. The number of nitrogens with one attached hydrogen (secondary N) is 1. The highest BCUT2D eigenvalue weighted by Crippen LogP contribution is 2.40. The molecule has 0 bridgehead atoms. The number of benzene rings is 4. The van der Waals surface area contributed by atoms with Crippen molar-refractivity contribution >= 4 is 59.8 Å². The molecular weight excluding hydrogens is 695 g/mol. The van der Waals surface area contributed by atoms with Crippen LogP contribution in [0.5, 0.6) is 0 Å². The molecule has 4 aromatic carbocycles. The molecule has 0 aliphatic carbocycles. The average molecular weight is 748 g/mol. The molecule has 1 aliphatic rings. The Morgan fingerprint density at radius 3 is 1.58 bits per heavy atom. The van der Waals surface area contributed by atoms with E-state index in [4.69, 9.17) is 13.8 Å². The summed E-state index contributed by atoms with van der Waals surface area (Å²) in [5.41, 5.74) is 0.445. The third kappa shape index (κ3) is 7.47. The SMILES string of the molecule is CC[C@@H](CO[Si](c1ccccc1)(c1ccccc1)C(C)(C)C)NC(=O)c1csc(N2CC(O[Si](c3ccccc3)(c3ccccc3)C(C)(C)C)C2)n1. The second-order valence-corrected chi connectivity index (χ2v) is 25.3. The number of carbonyl (C=O) groups is 1. The molecular formula is C43H53N3O3SSi2. The van der Waals surface area contributed by atoms with E-state index in [1.165, 1.54) is 32.1 Å². The number of thiazole rings is 1. The van der Waals surface area contributed by atoms with Crippen molar-refractivity contribution in [1.29, 1.82) is 0 Å². The Hall–Kier alpha value is -3.87. The first-order chi connectivity index (χ1) is 24.9. The highest BCUT2D eigenvalue weighted by Gasteiger charge is 2.53. The molecule has 9 heteroatoms. The van der Waals surface area contributed by atoms with Crippen molar-refractivity contribution in [2.75, 3.05) is 24.6 Å². The first-order valence-corrected chi connectivity index (χ1v) is 23.1. The van der Waals surface area contributed by atoms with Crippen molar-refractivity contribution in [3.05, 3.63) is 132 Å². The van der Waals surface area contributed by atoms with Crippen LogP contribution in [0.25, 0.3) is 0 Å². The molecule has 5 aromatic rings. The summed E-state index contributed by atoms with van der Waals surface area (Å²) >= 11 is 1.52. The van der Waals surface area contributed by atoms with Crippen LogP contribution >= 0.6 is 11.3 Å². The number of aromatic nitrogens is 1. The topological polar surface area (TPSA) is 63.7 Å². The number of carbonyl (C=O) groups excluding carboxylic acids is 1. The van der Waals surface area contributed by atoms with E-state index in [-0.39, 0.29) is 28.1 Å². The van der Waals surface area contributed by atoms with Gasteiger partial charge in [-0.2, -0.15) is 0 Å². The number of rotatable bonds is 13. The fraction of sp³-hybridized carbons (Fsp3) is 0.349. The van der Waals surface area contributed by atoms with Gasteiger partial charge in [-0.25, -0.2) is 4.98 Å². The van der Waals surface area contributed by atoms with Crippen LogP contribution in [0.2, 0.25) is 10.1 Å². The summed E-state index contributed by atoms with van der Waals surface area (Å²) in [4.78, 5) is 20.7. The molecule has 52 heavy (non-hydrogen) atoms. The summed E-state index contributed by atoms with van der Waals surface area (Å²) in [5.74, 6) is -0.166. The van der Waals surface area contributed by atoms with Crippen LogP contribution in [0, 0.1) is 0 Å².